The lowest BCUT2D eigenvalue weighted by Crippen LogP contribution is -2.35. The zero-order chi connectivity index (χ0) is 18.2. The highest BCUT2D eigenvalue weighted by atomic mass is 16.5. The molecule has 0 aliphatic heterocycles. The first-order valence-corrected chi connectivity index (χ1v) is 7.97. The van der Waals surface area contributed by atoms with Crippen molar-refractivity contribution in [3.8, 4) is 11.5 Å². The molecule has 0 unspecified atom stereocenters. The number of anilines is 1. The molecule has 2 rings (SSSR count). The Morgan fingerprint density at radius 1 is 1.00 bits per heavy atom. The third kappa shape index (κ3) is 5.53. The van der Waals surface area contributed by atoms with Crippen molar-refractivity contribution in [2.75, 3.05) is 12.4 Å². The average Bonchev–Trinajstić information content (AvgIpc) is 2.60. The molecule has 132 valence electrons. The van der Waals surface area contributed by atoms with Gasteiger partial charge in [-0.25, -0.2) is 0 Å². The zero-order valence-electron chi connectivity index (χ0n) is 14.5. The Bertz CT molecular complexity index is 726. The molecular formula is C19H22N2O4. The van der Waals surface area contributed by atoms with Crippen LogP contribution in [0.3, 0.4) is 0 Å². The molecule has 0 bridgehead atoms. The average molecular weight is 342 g/mol. The molecule has 0 fully saturated rings. The van der Waals surface area contributed by atoms with Gasteiger partial charge in [0.05, 0.1) is 13.2 Å². The number of para-hydroxylation sites is 1. The van der Waals surface area contributed by atoms with E-state index in [0.717, 1.165) is 5.56 Å². The molecule has 0 saturated carbocycles. The van der Waals surface area contributed by atoms with Gasteiger partial charge in [0, 0.05) is 17.8 Å². The number of rotatable bonds is 6. The number of ether oxygens (including phenoxy) is 2. The summed E-state index contributed by atoms with van der Waals surface area (Å²) in [5.41, 5.74) is 1.33. The number of carbonyl (C=O) groups excluding carboxylic acids is 2. The first-order chi connectivity index (χ1) is 12.0. The van der Waals surface area contributed by atoms with Crippen LogP contribution in [0.15, 0.2) is 48.5 Å². The number of hydrogen-bond donors (Lipinski definition) is 2. The molecule has 2 amide bonds. The summed E-state index contributed by atoms with van der Waals surface area (Å²) in [6.07, 6.45) is 0.0234. The van der Waals surface area contributed by atoms with E-state index in [1.807, 2.05) is 38.1 Å². The maximum Gasteiger partial charge on any atom is 0.313 e. The van der Waals surface area contributed by atoms with Crippen LogP contribution >= 0.6 is 0 Å². The molecule has 25 heavy (non-hydrogen) atoms. The van der Waals surface area contributed by atoms with E-state index in [1.54, 1.807) is 31.4 Å². The summed E-state index contributed by atoms with van der Waals surface area (Å²) in [5.74, 6) is -0.0832. The molecule has 0 heterocycles. The highest BCUT2D eigenvalue weighted by Crippen LogP contribution is 2.19. The van der Waals surface area contributed by atoms with Gasteiger partial charge in [0.25, 0.3) is 0 Å². The number of nitrogens with one attached hydrogen (secondary N) is 2. The topological polar surface area (TPSA) is 76.7 Å². The summed E-state index contributed by atoms with van der Waals surface area (Å²) in [7, 11) is 1.56. The summed E-state index contributed by atoms with van der Waals surface area (Å²) >= 11 is 0. The SMILES string of the molecule is COc1ccc(NC(=O)C(=O)NCc2ccccc2OC(C)C)cc1. The van der Waals surface area contributed by atoms with Gasteiger partial charge in [-0.1, -0.05) is 18.2 Å². The van der Waals surface area contributed by atoms with Gasteiger partial charge in [0.2, 0.25) is 0 Å². The monoisotopic (exact) mass is 342 g/mol. The van der Waals surface area contributed by atoms with Crippen molar-refractivity contribution in [1.82, 2.24) is 5.32 Å². The quantitative estimate of drug-likeness (QED) is 0.792. The van der Waals surface area contributed by atoms with Crippen LogP contribution < -0.4 is 20.1 Å². The Morgan fingerprint density at radius 2 is 1.68 bits per heavy atom. The fourth-order valence-electron chi connectivity index (χ4n) is 2.14. The molecule has 0 radical (unpaired) electrons. The normalized spacial score (nSPS) is 10.2. The van der Waals surface area contributed by atoms with Gasteiger partial charge in [0.15, 0.2) is 0 Å². The van der Waals surface area contributed by atoms with Crippen molar-refractivity contribution in [3.63, 3.8) is 0 Å². The Kier molecular flexibility index (Phi) is 6.39. The van der Waals surface area contributed by atoms with E-state index < -0.39 is 11.8 Å². The minimum absolute atomic E-state index is 0.0234. The summed E-state index contributed by atoms with van der Waals surface area (Å²) in [5, 5.41) is 5.14. The van der Waals surface area contributed by atoms with Crippen LogP contribution in [-0.2, 0) is 16.1 Å². The molecule has 2 N–H and O–H groups in total. The van der Waals surface area contributed by atoms with Crippen molar-refractivity contribution in [2.45, 2.75) is 26.5 Å². The maximum atomic E-state index is 12.0. The number of methoxy groups -OCH3 is 1. The number of benzene rings is 2. The van der Waals surface area contributed by atoms with Crippen molar-refractivity contribution in [2.24, 2.45) is 0 Å². The van der Waals surface area contributed by atoms with E-state index in [-0.39, 0.29) is 12.6 Å². The van der Waals surface area contributed by atoms with Crippen LogP contribution in [0.4, 0.5) is 5.69 Å². The number of amides is 2. The van der Waals surface area contributed by atoms with Gasteiger partial charge in [-0.05, 0) is 44.2 Å². The molecule has 0 saturated heterocycles. The van der Waals surface area contributed by atoms with Gasteiger partial charge in [-0.3, -0.25) is 9.59 Å². The standard InChI is InChI=1S/C19H22N2O4/c1-13(2)25-17-7-5-4-6-14(17)12-20-18(22)19(23)21-15-8-10-16(24-3)11-9-15/h4-11,13H,12H2,1-3H3,(H,20,22)(H,21,23). The van der Waals surface area contributed by atoms with E-state index in [4.69, 9.17) is 9.47 Å². The smallest absolute Gasteiger partial charge is 0.313 e. The van der Waals surface area contributed by atoms with Crippen molar-refractivity contribution < 1.29 is 19.1 Å². The predicted molar refractivity (Wildman–Crippen MR) is 95.7 cm³/mol. The summed E-state index contributed by atoms with van der Waals surface area (Å²) < 4.78 is 10.7. The van der Waals surface area contributed by atoms with Crippen LogP contribution in [0, 0.1) is 0 Å². The molecule has 0 aliphatic rings. The van der Waals surface area contributed by atoms with Crippen molar-refractivity contribution in [3.05, 3.63) is 54.1 Å². The molecule has 2 aromatic carbocycles. The molecule has 0 aromatic heterocycles. The molecule has 2 aromatic rings. The lowest BCUT2D eigenvalue weighted by atomic mass is 10.2. The van der Waals surface area contributed by atoms with Crippen LogP contribution in [-0.4, -0.2) is 25.0 Å². The second kappa shape index (κ2) is 8.73. The third-order valence-electron chi connectivity index (χ3n) is 3.33. The Balaban J connectivity index is 1.92. The van der Waals surface area contributed by atoms with E-state index in [1.165, 1.54) is 0 Å². The van der Waals surface area contributed by atoms with Gasteiger partial charge >= 0.3 is 11.8 Å². The van der Waals surface area contributed by atoms with Crippen LogP contribution in [0.2, 0.25) is 0 Å². The fourth-order valence-corrected chi connectivity index (χ4v) is 2.14. The maximum absolute atomic E-state index is 12.0. The van der Waals surface area contributed by atoms with Gasteiger partial charge < -0.3 is 20.1 Å². The number of hydrogen-bond acceptors (Lipinski definition) is 4. The minimum atomic E-state index is -0.729. The summed E-state index contributed by atoms with van der Waals surface area (Å²) in [4.78, 5) is 24.0. The van der Waals surface area contributed by atoms with E-state index >= 15 is 0 Å². The predicted octanol–water partition coefficient (Wildman–Crippen LogP) is 2.74. The van der Waals surface area contributed by atoms with E-state index in [2.05, 4.69) is 10.6 Å². The molecule has 0 atom stereocenters. The Labute approximate surface area is 147 Å². The van der Waals surface area contributed by atoms with Crippen LogP contribution in [0.25, 0.3) is 0 Å². The largest absolute Gasteiger partial charge is 0.497 e. The van der Waals surface area contributed by atoms with E-state index in [0.29, 0.717) is 17.2 Å². The molecular weight excluding hydrogens is 320 g/mol. The molecule has 0 spiro atoms. The molecule has 6 heteroatoms. The van der Waals surface area contributed by atoms with Gasteiger partial charge in [0.1, 0.15) is 11.5 Å². The number of carbonyl (C=O) groups is 2. The van der Waals surface area contributed by atoms with Crippen LogP contribution in [0.1, 0.15) is 19.4 Å². The summed E-state index contributed by atoms with van der Waals surface area (Å²) in [6, 6.07) is 14.1. The Morgan fingerprint density at radius 3 is 2.32 bits per heavy atom. The van der Waals surface area contributed by atoms with Crippen LogP contribution in [0.5, 0.6) is 11.5 Å². The fraction of sp³-hybridized carbons (Fsp3) is 0.263. The summed E-state index contributed by atoms with van der Waals surface area (Å²) in [6.45, 7) is 4.06. The van der Waals surface area contributed by atoms with Crippen molar-refractivity contribution >= 4 is 17.5 Å². The third-order valence-corrected chi connectivity index (χ3v) is 3.33. The second-order valence-electron chi connectivity index (χ2n) is 5.64. The van der Waals surface area contributed by atoms with Gasteiger partial charge in [-0.15, -0.1) is 0 Å². The lowest BCUT2D eigenvalue weighted by molar-refractivity contribution is -0.136. The van der Waals surface area contributed by atoms with E-state index in [9.17, 15) is 9.59 Å². The lowest BCUT2D eigenvalue weighted by Gasteiger charge is -2.14. The van der Waals surface area contributed by atoms with Gasteiger partial charge in [-0.2, -0.15) is 0 Å². The Hall–Kier alpha value is -3.02. The first kappa shape index (κ1) is 18.3. The van der Waals surface area contributed by atoms with Crippen molar-refractivity contribution in [1.29, 1.82) is 0 Å². The first-order valence-electron chi connectivity index (χ1n) is 7.97. The second-order valence-corrected chi connectivity index (χ2v) is 5.64. The molecule has 0 aliphatic carbocycles. The minimum Gasteiger partial charge on any atom is -0.497 e. The highest BCUT2D eigenvalue weighted by molar-refractivity contribution is 6.39. The highest BCUT2D eigenvalue weighted by Gasteiger charge is 2.14. The molecule has 6 nitrogen and oxygen atoms in total. The zero-order valence-corrected chi connectivity index (χ0v) is 14.5.